The molecule has 76 valence electrons. The fourth-order valence-corrected chi connectivity index (χ4v) is 1.76. The molecule has 1 aromatic carbocycles. The second kappa shape index (κ2) is 3.63. The molecule has 2 nitrogen and oxygen atoms in total. The van der Waals surface area contributed by atoms with Gasteiger partial charge in [-0.25, -0.2) is 0 Å². The SMILES string of the molecule is Cc1cc2ncc(C=O)c(Cl)c2cc1C. The lowest BCUT2D eigenvalue weighted by Crippen LogP contribution is -1.90. The summed E-state index contributed by atoms with van der Waals surface area (Å²) in [5.41, 5.74) is 3.58. The van der Waals surface area contributed by atoms with E-state index < -0.39 is 0 Å². The van der Waals surface area contributed by atoms with Crippen LogP contribution in [0.3, 0.4) is 0 Å². The third-order valence-corrected chi connectivity index (χ3v) is 2.99. The van der Waals surface area contributed by atoms with Crippen molar-refractivity contribution in [3.8, 4) is 0 Å². The van der Waals surface area contributed by atoms with Crippen LogP contribution in [0.25, 0.3) is 10.9 Å². The van der Waals surface area contributed by atoms with Crippen LogP contribution in [0.15, 0.2) is 18.3 Å². The van der Waals surface area contributed by atoms with E-state index in [9.17, 15) is 4.79 Å². The number of rotatable bonds is 1. The number of carbonyl (C=O) groups is 1. The van der Waals surface area contributed by atoms with Gasteiger partial charge in [-0.3, -0.25) is 9.78 Å². The van der Waals surface area contributed by atoms with Gasteiger partial charge in [-0.05, 0) is 37.1 Å². The quantitative estimate of drug-likeness (QED) is 0.689. The first-order valence-corrected chi connectivity index (χ1v) is 5.02. The van der Waals surface area contributed by atoms with Crippen LogP contribution in [-0.4, -0.2) is 11.3 Å². The normalized spacial score (nSPS) is 10.6. The Morgan fingerprint density at radius 2 is 1.93 bits per heavy atom. The Kier molecular flexibility index (Phi) is 2.45. The molecule has 0 aliphatic heterocycles. The smallest absolute Gasteiger partial charge is 0.153 e. The van der Waals surface area contributed by atoms with Gasteiger partial charge >= 0.3 is 0 Å². The summed E-state index contributed by atoms with van der Waals surface area (Å²) in [6.07, 6.45) is 2.23. The van der Waals surface area contributed by atoms with Crippen LogP contribution in [0.4, 0.5) is 0 Å². The minimum Gasteiger partial charge on any atom is -0.298 e. The molecule has 3 heteroatoms. The van der Waals surface area contributed by atoms with Gasteiger partial charge < -0.3 is 0 Å². The zero-order chi connectivity index (χ0) is 11.0. The van der Waals surface area contributed by atoms with E-state index in [0.29, 0.717) is 10.6 Å². The number of aromatic nitrogens is 1. The third kappa shape index (κ3) is 1.61. The number of halogens is 1. The van der Waals surface area contributed by atoms with E-state index in [2.05, 4.69) is 4.98 Å². The Bertz CT molecular complexity index is 549. The van der Waals surface area contributed by atoms with Crippen LogP contribution in [0.5, 0.6) is 0 Å². The first kappa shape index (κ1) is 10.1. The summed E-state index contributed by atoms with van der Waals surface area (Å²) >= 11 is 6.09. The van der Waals surface area contributed by atoms with Gasteiger partial charge in [0.25, 0.3) is 0 Å². The lowest BCUT2D eigenvalue weighted by atomic mass is 10.1. The highest BCUT2D eigenvalue weighted by molar-refractivity contribution is 6.37. The molecule has 1 aromatic heterocycles. The number of hydrogen-bond donors (Lipinski definition) is 0. The zero-order valence-corrected chi connectivity index (χ0v) is 9.30. The minimum absolute atomic E-state index is 0.437. The molecule has 0 aliphatic rings. The molecule has 1 heterocycles. The predicted molar refractivity (Wildman–Crippen MR) is 61.6 cm³/mol. The average molecular weight is 220 g/mol. The molecule has 0 saturated carbocycles. The van der Waals surface area contributed by atoms with Gasteiger partial charge in [0, 0.05) is 11.6 Å². The highest BCUT2D eigenvalue weighted by atomic mass is 35.5. The molecule has 15 heavy (non-hydrogen) atoms. The van der Waals surface area contributed by atoms with Crippen LogP contribution in [0, 0.1) is 13.8 Å². The van der Waals surface area contributed by atoms with Gasteiger partial charge in [0.2, 0.25) is 0 Å². The summed E-state index contributed by atoms with van der Waals surface area (Å²) in [4.78, 5) is 14.9. The van der Waals surface area contributed by atoms with Crippen LogP contribution >= 0.6 is 11.6 Å². The summed E-state index contributed by atoms with van der Waals surface area (Å²) in [6.45, 7) is 4.04. The molecule has 0 unspecified atom stereocenters. The molecule has 2 aromatic rings. The Morgan fingerprint density at radius 3 is 2.60 bits per heavy atom. The van der Waals surface area contributed by atoms with Crippen LogP contribution in [0.1, 0.15) is 21.5 Å². The number of pyridine rings is 1. The molecule has 0 radical (unpaired) electrons. The first-order valence-electron chi connectivity index (χ1n) is 4.64. The maximum absolute atomic E-state index is 10.7. The van der Waals surface area contributed by atoms with Crippen molar-refractivity contribution in [2.45, 2.75) is 13.8 Å². The molecule has 0 saturated heterocycles. The summed E-state index contributed by atoms with van der Waals surface area (Å²) in [5.74, 6) is 0. The standard InChI is InChI=1S/C12H10ClNO/c1-7-3-10-11(4-8(7)2)14-5-9(6-15)12(10)13/h3-6H,1-2H3. The molecule has 0 amide bonds. The largest absolute Gasteiger partial charge is 0.298 e. The topological polar surface area (TPSA) is 30.0 Å². The van der Waals surface area contributed by atoms with Crippen molar-refractivity contribution in [1.82, 2.24) is 4.98 Å². The number of hydrogen-bond acceptors (Lipinski definition) is 2. The predicted octanol–water partition coefficient (Wildman–Crippen LogP) is 3.32. The lowest BCUT2D eigenvalue weighted by molar-refractivity contribution is 0.112. The van der Waals surface area contributed by atoms with Crippen LogP contribution in [0.2, 0.25) is 5.02 Å². The Labute approximate surface area is 92.9 Å². The zero-order valence-electron chi connectivity index (χ0n) is 8.54. The van der Waals surface area contributed by atoms with Gasteiger partial charge in [-0.2, -0.15) is 0 Å². The van der Waals surface area contributed by atoms with Crippen LogP contribution < -0.4 is 0 Å². The lowest BCUT2D eigenvalue weighted by Gasteiger charge is -2.05. The van der Waals surface area contributed by atoms with Crippen molar-refractivity contribution >= 4 is 28.8 Å². The Morgan fingerprint density at radius 1 is 1.27 bits per heavy atom. The summed E-state index contributed by atoms with van der Waals surface area (Å²) < 4.78 is 0. The highest BCUT2D eigenvalue weighted by Gasteiger charge is 2.07. The van der Waals surface area contributed by atoms with Crippen molar-refractivity contribution in [3.05, 3.63) is 40.0 Å². The van der Waals surface area contributed by atoms with Gasteiger partial charge in [0.15, 0.2) is 6.29 Å². The van der Waals surface area contributed by atoms with E-state index in [4.69, 9.17) is 11.6 Å². The molecule has 0 fully saturated rings. The summed E-state index contributed by atoms with van der Waals surface area (Å²) in [5, 5.41) is 1.32. The minimum atomic E-state index is 0.437. The van der Waals surface area contributed by atoms with Crippen LogP contribution in [-0.2, 0) is 0 Å². The van der Waals surface area contributed by atoms with E-state index in [0.717, 1.165) is 22.8 Å². The Hall–Kier alpha value is -1.41. The van der Waals surface area contributed by atoms with Gasteiger partial charge in [0.1, 0.15) is 0 Å². The second-order valence-corrected chi connectivity index (χ2v) is 3.98. The molecule has 0 N–H and O–H groups in total. The van der Waals surface area contributed by atoms with Gasteiger partial charge in [-0.15, -0.1) is 0 Å². The van der Waals surface area contributed by atoms with E-state index in [-0.39, 0.29) is 0 Å². The molecule has 0 bridgehead atoms. The monoisotopic (exact) mass is 219 g/mol. The van der Waals surface area contributed by atoms with Crippen molar-refractivity contribution in [3.63, 3.8) is 0 Å². The molecule has 0 aliphatic carbocycles. The van der Waals surface area contributed by atoms with Crippen molar-refractivity contribution in [1.29, 1.82) is 0 Å². The molecule has 0 atom stereocenters. The number of carbonyl (C=O) groups excluding carboxylic acids is 1. The molecular weight excluding hydrogens is 210 g/mol. The second-order valence-electron chi connectivity index (χ2n) is 3.60. The van der Waals surface area contributed by atoms with Gasteiger partial charge in [0.05, 0.1) is 16.1 Å². The van der Waals surface area contributed by atoms with E-state index in [1.165, 1.54) is 11.8 Å². The van der Waals surface area contributed by atoms with Crippen molar-refractivity contribution in [2.75, 3.05) is 0 Å². The van der Waals surface area contributed by atoms with Crippen molar-refractivity contribution < 1.29 is 4.79 Å². The number of nitrogens with zero attached hydrogens (tertiary/aromatic N) is 1. The summed E-state index contributed by atoms with van der Waals surface area (Å²) in [7, 11) is 0. The van der Waals surface area contributed by atoms with E-state index >= 15 is 0 Å². The first-order chi connectivity index (χ1) is 7.13. The number of benzene rings is 1. The third-order valence-electron chi connectivity index (χ3n) is 2.57. The van der Waals surface area contributed by atoms with Crippen molar-refractivity contribution in [2.24, 2.45) is 0 Å². The number of fused-ring (bicyclic) bond motifs is 1. The maximum atomic E-state index is 10.7. The average Bonchev–Trinajstić information content (AvgIpc) is 2.22. The molecular formula is C12H10ClNO. The number of aldehydes is 1. The summed E-state index contributed by atoms with van der Waals surface area (Å²) in [6, 6.07) is 3.94. The maximum Gasteiger partial charge on any atom is 0.153 e. The van der Waals surface area contributed by atoms with E-state index in [1.54, 1.807) is 0 Å². The fourth-order valence-electron chi connectivity index (χ4n) is 1.52. The number of aryl methyl sites for hydroxylation is 2. The molecule has 2 rings (SSSR count). The molecule has 0 spiro atoms. The Balaban J connectivity index is 2.87. The van der Waals surface area contributed by atoms with E-state index in [1.807, 2.05) is 26.0 Å². The van der Waals surface area contributed by atoms with Gasteiger partial charge in [-0.1, -0.05) is 11.6 Å². The fraction of sp³-hybridized carbons (Fsp3) is 0.167. The highest BCUT2D eigenvalue weighted by Crippen LogP contribution is 2.26.